The summed E-state index contributed by atoms with van der Waals surface area (Å²) < 4.78 is 30.3. The van der Waals surface area contributed by atoms with E-state index in [1.54, 1.807) is 18.2 Å². The predicted octanol–water partition coefficient (Wildman–Crippen LogP) is 4.73. The van der Waals surface area contributed by atoms with Crippen LogP contribution < -0.4 is 15.4 Å². The standard InChI is InChI=1S/C41H44N6O8/c1-27-6-10-35(39(48)45-27)47-40(49)31-4-3-5-33(38(31)41(47)50)43-14-15-51-16-17-52-18-19-53-20-21-54-22-23-55-37-11-8-29(25-44-37)28-7-9-30-32-26-42-13-12-34(32)46(2)36(30)24-28/h3-5,7-9,11-13,24-26,35,43H,1,6,10,14-23H2,2H3,(H,45,48). The van der Waals surface area contributed by atoms with Crippen molar-refractivity contribution in [2.45, 2.75) is 18.9 Å². The number of anilines is 1. The van der Waals surface area contributed by atoms with E-state index < -0.39 is 23.8 Å². The maximum absolute atomic E-state index is 13.2. The van der Waals surface area contributed by atoms with Crippen molar-refractivity contribution >= 4 is 45.2 Å². The molecule has 2 aliphatic rings. The third kappa shape index (κ3) is 8.52. The lowest BCUT2D eigenvalue weighted by atomic mass is 10.0. The number of benzene rings is 2. The first-order valence-corrected chi connectivity index (χ1v) is 18.4. The van der Waals surface area contributed by atoms with Crippen LogP contribution in [0, 0.1) is 0 Å². The Morgan fingerprint density at radius 1 is 0.800 bits per heavy atom. The number of ether oxygens (including phenoxy) is 5. The van der Waals surface area contributed by atoms with Crippen LogP contribution >= 0.6 is 0 Å². The summed E-state index contributed by atoms with van der Waals surface area (Å²) in [5, 5.41) is 8.14. The third-order valence-electron chi connectivity index (χ3n) is 9.61. The Balaban J connectivity index is 0.705. The first-order valence-electron chi connectivity index (χ1n) is 18.4. The molecule has 0 spiro atoms. The number of fused-ring (bicyclic) bond motifs is 4. The summed E-state index contributed by atoms with van der Waals surface area (Å²) in [6, 6.07) is 16.5. The average molecular weight is 749 g/mol. The molecule has 3 amide bonds. The van der Waals surface area contributed by atoms with Gasteiger partial charge < -0.3 is 38.9 Å². The molecule has 2 aromatic carbocycles. The van der Waals surface area contributed by atoms with Gasteiger partial charge >= 0.3 is 0 Å². The highest BCUT2D eigenvalue weighted by Gasteiger charge is 2.45. The van der Waals surface area contributed by atoms with Crippen LogP contribution in [0.4, 0.5) is 5.69 Å². The highest BCUT2D eigenvalue weighted by molar-refractivity contribution is 6.25. The van der Waals surface area contributed by atoms with E-state index in [0.29, 0.717) is 96.1 Å². The molecule has 55 heavy (non-hydrogen) atoms. The Bertz CT molecular complexity index is 2190. The van der Waals surface area contributed by atoms with Crippen LogP contribution in [-0.2, 0) is 30.8 Å². The normalized spacial score (nSPS) is 15.6. The monoisotopic (exact) mass is 748 g/mol. The van der Waals surface area contributed by atoms with E-state index >= 15 is 0 Å². The number of rotatable bonds is 19. The number of allylic oxidation sites excluding steroid dienone is 1. The van der Waals surface area contributed by atoms with Crippen LogP contribution in [0.3, 0.4) is 0 Å². The Hall–Kier alpha value is -5.67. The summed E-state index contributed by atoms with van der Waals surface area (Å²) in [4.78, 5) is 48.6. The van der Waals surface area contributed by atoms with Gasteiger partial charge in [0.25, 0.3) is 11.8 Å². The minimum Gasteiger partial charge on any atom is -0.475 e. The van der Waals surface area contributed by atoms with Crippen LogP contribution in [0.25, 0.3) is 32.9 Å². The molecule has 0 saturated carbocycles. The summed E-state index contributed by atoms with van der Waals surface area (Å²) in [5.41, 5.74) is 6.06. The van der Waals surface area contributed by atoms with Gasteiger partial charge in [-0.1, -0.05) is 24.8 Å². The maximum atomic E-state index is 13.2. The van der Waals surface area contributed by atoms with Crippen molar-refractivity contribution in [1.29, 1.82) is 0 Å². The molecule has 14 heteroatoms. The van der Waals surface area contributed by atoms with Crippen molar-refractivity contribution < 1.29 is 38.1 Å². The Morgan fingerprint density at radius 2 is 1.53 bits per heavy atom. The number of nitrogens with zero attached hydrogens (tertiary/aromatic N) is 4. The van der Waals surface area contributed by atoms with Gasteiger partial charge in [-0.05, 0) is 48.7 Å². The molecule has 0 bridgehead atoms. The number of hydrogen-bond acceptors (Lipinski definition) is 11. The second-order valence-corrected chi connectivity index (χ2v) is 13.1. The number of piperidine rings is 1. The van der Waals surface area contributed by atoms with Crippen molar-refractivity contribution in [3.05, 3.63) is 96.6 Å². The number of carbonyl (C=O) groups excluding carboxylic acids is 3. The van der Waals surface area contributed by atoms with Crippen molar-refractivity contribution in [3.8, 4) is 17.0 Å². The van der Waals surface area contributed by atoms with Crippen LogP contribution in [0.15, 0.2) is 85.5 Å². The lowest BCUT2D eigenvalue weighted by Gasteiger charge is -2.29. The maximum Gasteiger partial charge on any atom is 0.264 e. The first-order chi connectivity index (χ1) is 26.9. The average Bonchev–Trinajstić information content (AvgIpc) is 3.63. The first kappa shape index (κ1) is 37.6. The van der Waals surface area contributed by atoms with Gasteiger partial charge in [-0.15, -0.1) is 0 Å². The molecule has 5 aromatic rings. The summed E-state index contributed by atoms with van der Waals surface area (Å²) in [5.74, 6) is -0.796. The summed E-state index contributed by atoms with van der Waals surface area (Å²) in [6.45, 7) is 7.87. The Labute approximate surface area is 318 Å². The molecule has 2 N–H and O–H groups in total. The Kier molecular flexibility index (Phi) is 12.1. The van der Waals surface area contributed by atoms with E-state index in [2.05, 4.69) is 57.0 Å². The summed E-state index contributed by atoms with van der Waals surface area (Å²) in [7, 11) is 2.07. The molecule has 3 aromatic heterocycles. The fraction of sp³-hybridized carbons (Fsp3) is 0.341. The second kappa shape index (κ2) is 17.6. The van der Waals surface area contributed by atoms with Crippen molar-refractivity contribution in [2.24, 2.45) is 7.05 Å². The summed E-state index contributed by atoms with van der Waals surface area (Å²) >= 11 is 0. The molecule has 2 aliphatic heterocycles. The molecule has 286 valence electrons. The van der Waals surface area contributed by atoms with Crippen LogP contribution in [0.5, 0.6) is 5.88 Å². The van der Waals surface area contributed by atoms with E-state index in [1.165, 1.54) is 5.39 Å². The van der Waals surface area contributed by atoms with E-state index in [4.69, 9.17) is 23.7 Å². The number of imide groups is 1. The van der Waals surface area contributed by atoms with Gasteiger partial charge in [-0.3, -0.25) is 24.3 Å². The highest BCUT2D eigenvalue weighted by atomic mass is 16.6. The van der Waals surface area contributed by atoms with E-state index in [9.17, 15) is 14.4 Å². The number of nitrogens with one attached hydrogen (secondary N) is 2. The van der Waals surface area contributed by atoms with E-state index in [0.717, 1.165) is 32.4 Å². The van der Waals surface area contributed by atoms with Crippen molar-refractivity contribution in [3.63, 3.8) is 0 Å². The van der Waals surface area contributed by atoms with Crippen LogP contribution in [0.2, 0.25) is 0 Å². The molecule has 0 aliphatic carbocycles. The second-order valence-electron chi connectivity index (χ2n) is 13.1. The molecule has 0 radical (unpaired) electrons. The fourth-order valence-electron chi connectivity index (χ4n) is 6.84. The van der Waals surface area contributed by atoms with Crippen molar-refractivity contribution in [2.75, 3.05) is 71.3 Å². The number of carbonyl (C=O) groups is 3. The molecule has 1 atom stereocenters. The molecule has 5 heterocycles. The molecule has 14 nitrogen and oxygen atoms in total. The number of aryl methyl sites for hydroxylation is 1. The zero-order chi connectivity index (χ0) is 38.1. The van der Waals surface area contributed by atoms with Gasteiger partial charge in [-0.2, -0.15) is 0 Å². The lowest BCUT2D eigenvalue weighted by molar-refractivity contribution is -0.125. The molecule has 7 rings (SSSR count). The van der Waals surface area contributed by atoms with Crippen molar-refractivity contribution in [1.82, 2.24) is 24.8 Å². The van der Waals surface area contributed by atoms with Gasteiger partial charge in [-0.25, -0.2) is 4.98 Å². The smallest absolute Gasteiger partial charge is 0.264 e. The number of aromatic nitrogens is 3. The quantitative estimate of drug-likeness (QED) is 0.0890. The van der Waals surface area contributed by atoms with Gasteiger partial charge in [0.2, 0.25) is 11.8 Å². The molecular weight excluding hydrogens is 704 g/mol. The number of amides is 3. The minimum atomic E-state index is -0.851. The minimum absolute atomic E-state index is 0.274. The zero-order valence-electron chi connectivity index (χ0n) is 30.8. The van der Waals surface area contributed by atoms with Gasteiger partial charge in [0.05, 0.1) is 69.5 Å². The molecule has 1 unspecified atom stereocenters. The summed E-state index contributed by atoms with van der Waals surface area (Å²) in [6.07, 6.45) is 6.41. The van der Waals surface area contributed by atoms with Crippen LogP contribution in [0.1, 0.15) is 33.6 Å². The highest BCUT2D eigenvalue weighted by Crippen LogP contribution is 2.33. The predicted molar refractivity (Wildman–Crippen MR) is 206 cm³/mol. The lowest BCUT2D eigenvalue weighted by Crippen LogP contribution is -2.51. The topological polar surface area (TPSA) is 155 Å². The van der Waals surface area contributed by atoms with Gasteiger partial charge in [0.15, 0.2) is 0 Å². The third-order valence-corrected chi connectivity index (χ3v) is 9.61. The number of pyridine rings is 2. The molecule has 1 fully saturated rings. The SMILES string of the molecule is C=C1CCC(N2C(=O)c3cccc(NCCOCCOCCOCCOCCOc4ccc(-c5ccc6c7cnccc7n(C)c6c5)cn4)c3C2=O)C(=O)N1. The Morgan fingerprint density at radius 3 is 2.25 bits per heavy atom. The van der Waals surface area contributed by atoms with Crippen LogP contribution in [-0.4, -0.2) is 109 Å². The van der Waals surface area contributed by atoms with E-state index in [1.807, 2.05) is 36.8 Å². The molecule has 1 saturated heterocycles. The fourth-order valence-corrected chi connectivity index (χ4v) is 6.84. The van der Waals surface area contributed by atoms with Gasteiger partial charge in [0.1, 0.15) is 12.6 Å². The molecular formula is C41H44N6O8. The van der Waals surface area contributed by atoms with Gasteiger partial charge in [0, 0.05) is 71.5 Å². The largest absolute Gasteiger partial charge is 0.475 e. The van der Waals surface area contributed by atoms with E-state index in [-0.39, 0.29) is 11.1 Å². The zero-order valence-corrected chi connectivity index (χ0v) is 30.8. The number of hydrogen-bond donors (Lipinski definition) is 2.